The zero-order valence-corrected chi connectivity index (χ0v) is 8.75. The molecule has 1 heterocycles. The number of tetrazole rings is 1. The molecule has 0 radical (unpaired) electrons. The molecule has 1 aromatic heterocycles. The van der Waals surface area contributed by atoms with Crippen molar-refractivity contribution in [1.82, 2.24) is 25.9 Å². The van der Waals surface area contributed by atoms with E-state index in [-0.39, 0.29) is 17.9 Å². The van der Waals surface area contributed by atoms with Crippen LogP contribution in [0.1, 0.15) is 25.7 Å². The number of hydrogen-bond acceptors (Lipinski definition) is 4. The first-order valence-corrected chi connectivity index (χ1v) is 4.78. The van der Waals surface area contributed by atoms with E-state index in [1.54, 1.807) is 13.8 Å². The Hall–Kier alpha value is -1.17. The Kier molecular flexibility index (Phi) is 3.82. The molecule has 0 aliphatic rings. The molecule has 0 aliphatic carbocycles. The van der Waals surface area contributed by atoms with Gasteiger partial charge in [0.15, 0.2) is 5.82 Å². The van der Waals surface area contributed by atoms with Crippen molar-refractivity contribution in [3.8, 4) is 0 Å². The SMILES string of the molecule is CC(CCl)C(=O)NC(C)c1nn[nH]n1. The maximum Gasteiger partial charge on any atom is 0.224 e. The van der Waals surface area contributed by atoms with Gasteiger partial charge in [0.25, 0.3) is 0 Å². The van der Waals surface area contributed by atoms with Gasteiger partial charge in [0.05, 0.1) is 6.04 Å². The van der Waals surface area contributed by atoms with Gasteiger partial charge in [-0.1, -0.05) is 12.1 Å². The molecule has 0 saturated heterocycles. The van der Waals surface area contributed by atoms with Gasteiger partial charge >= 0.3 is 0 Å². The molecular formula is C7H12ClN5O. The minimum atomic E-state index is -0.257. The number of halogens is 1. The van der Waals surface area contributed by atoms with E-state index in [0.29, 0.717) is 11.7 Å². The third-order valence-corrected chi connectivity index (χ3v) is 2.25. The number of aromatic nitrogens is 4. The molecule has 0 spiro atoms. The van der Waals surface area contributed by atoms with Crippen molar-refractivity contribution in [2.24, 2.45) is 5.92 Å². The van der Waals surface area contributed by atoms with Crippen LogP contribution in [0.4, 0.5) is 0 Å². The molecule has 1 amide bonds. The second-order valence-electron chi connectivity index (χ2n) is 3.06. The van der Waals surface area contributed by atoms with Gasteiger partial charge in [0.1, 0.15) is 0 Å². The Morgan fingerprint density at radius 3 is 2.86 bits per heavy atom. The first-order chi connectivity index (χ1) is 6.65. The van der Waals surface area contributed by atoms with Crippen LogP contribution in [0, 0.1) is 5.92 Å². The molecule has 6 nitrogen and oxygen atoms in total. The predicted molar refractivity (Wildman–Crippen MR) is 50.6 cm³/mol. The van der Waals surface area contributed by atoms with Crippen LogP contribution in [0.5, 0.6) is 0 Å². The van der Waals surface area contributed by atoms with Crippen LogP contribution in [0.3, 0.4) is 0 Å². The van der Waals surface area contributed by atoms with E-state index in [1.165, 1.54) is 0 Å². The van der Waals surface area contributed by atoms with Crippen LogP contribution in [-0.2, 0) is 4.79 Å². The van der Waals surface area contributed by atoms with Gasteiger partial charge in [-0.2, -0.15) is 5.21 Å². The number of amides is 1. The summed E-state index contributed by atoms with van der Waals surface area (Å²) in [6.07, 6.45) is 0. The number of nitrogens with one attached hydrogen (secondary N) is 2. The Labute approximate surface area is 86.4 Å². The normalized spacial score (nSPS) is 14.8. The molecule has 14 heavy (non-hydrogen) atoms. The fraction of sp³-hybridized carbons (Fsp3) is 0.714. The third-order valence-electron chi connectivity index (χ3n) is 1.79. The number of H-pyrrole nitrogens is 1. The van der Waals surface area contributed by atoms with Crippen LogP contribution < -0.4 is 5.32 Å². The maximum absolute atomic E-state index is 11.4. The molecule has 2 unspecified atom stereocenters. The predicted octanol–water partition coefficient (Wildman–Crippen LogP) is 0.252. The lowest BCUT2D eigenvalue weighted by atomic mass is 10.2. The van der Waals surface area contributed by atoms with Gasteiger partial charge in [-0.3, -0.25) is 4.79 Å². The third kappa shape index (κ3) is 2.66. The van der Waals surface area contributed by atoms with Crippen molar-refractivity contribution in [2.45, 2.75) is 19.9 Å². The van der Waals surface area contributed by atoms with Gasteiger partial charge in [0.2, 0.25) is 5.91 Å². The highest BCUT2D eigenvalue weighted by atomic mass is 35.5. The smallest absolute Gasteiger partial charge is 0.224 e. The molecule has 1 rings (SSSR count). The number of carbonyl (C=O) groups is 1. The summed E-state index contributed by atoms with van der Waals surface area (Å²) in [6, 6.07) is -0.257. The fourth-order valence-corrected chi connectivity index (χ4v) is 0.983. The lowest BCUT2D eigenvalue weighted by Gasteiger charge is -2.12. The first kappa shape index (κ1) is 10.9. The molecule has 1 aromatic rings. The zero-order valence-electron chi connectivity index (χ0n) is 7.99. The van der Waals surface area contributed by atoms with E-state index in [0.717, 1.165) is 0 Å². The largest absolute Gasteiger partial charge is 0.346 e. The van der Waals surface area contributed by atoms with Gasteiger partial charge < -0.3 is 5.32 Å². The lowest BCUT2D eigenvalue weighted by molar-refractivity contribution is -0.124. The summed E-state index contributed by atoms with van der Waals surface area (Å²) in [5.41, 5.74) is 0. The highest BCUT2D eigenvalue weighted by Crippen LogP contribution is 2.06. The van der Waals surface area contributed by atoms with Crippen molar-refractivity contribution in [1.29, 1.82) is 0 Å². The molecule has 0 saturated carbocycles. The zero-order chi connectivity index (χ0) is 10.6. The Morgan fingerprint density at radius 1 is 1.64 bits per heavy atom. The Morgan fingerprint density at radius 2 is 2.36 bits per heavy atom. The molecule has 0 bridgehead atoms. The van der Waals surface area contributed by atoms with E-state index in [9.17, 15) is 4.79 Å². The van der Waals surface area contributed by atoms with Crippen LogP contribution in [0.25, 0.3) is 0 Å². The molecule has 0 fully saturated rings. The molecule has 2 N–H and O–H groups in total. The summed E-state index contributed by atoms with van der Waals surface area (Å²) in [4.78, 5) is 11.4. The molecule has 0 aliphatic heterocycles. The monoisotopic (exact) mass is 217 g/mol. The van der Waals surface area contributed by atoms with Gasteiger partial charge in [0, 0.05) is 11.8 Å². The molecule has 78 valence electrons. The Balaban J connectivity index is 2.49. The summed E-state index contributed by atoms with van der Waals surface area (Å²) < 4.78 is 0. The topological polar surface area (TPSA) is 83.6 Å². The van der Waals surface area contributed by atoms with Gasteiger partial charge in [-0.25, -0.2) is 0 Å². The van der Waals surface area contributed by atoms with Crippen LogP contribution in [-0.4, -0.2) is 32.4 Å². The standard InChI is InChI=1S/C7H12ClN5O/c1-4(3-8)7(14)9-5(2)6-10-12-13-11-6/h4-5H,3H2,1-2H3,(H,9,14)(H,10,11,12,13). The van der Waals surface area contributed by atoms with Crippen molar-refractivity contribution in [3.63, 3.8) is 0 Å². The molecule has 7 heteroatoms. The number of carbonyl (C=O) groups excluding carboxylic acids is 1. The molecular weight excluding hydrogens is 206 g/mol. The van der Waals surface area contributed by atoms with Crippen LogP contribution >= 0.6 is 11.6 Å². The summed E-state index contributed by atoms with van der Waals surface area (Å²) >= 11 is 5.54. The molecule has 2 atom stereocenters. The summed E-state index contributed by atoms with van der Waals surface area (Å²) in [6.45, 7) is 3.54. The highest BCUT2D eigenvalue weighted by molar-refractivity contribution is 6.19. The average Bonchev–Trinajstić information content (AvgIpc) is 2.69. The van der Waals surface area contributed by atoms with Crippen LogP contribution in [0.2, 0.25) is 0 Å². The number of nitrogens with zero attached hydrogens (tertiary/aromatic N) is 3. The second-order valence-corrected chi connectivity index (χ2v) is 3.36. The van der Waals surface area contributed by atoms with E-state index in [4.69, 9.17) is 11.6 Å². The van der Waals surface area contributed by atoms with Gasteiger partial charge in [-0.05, 0) is 6.92 Å². The Bertz CT molecular complexity index is 288. The number of hydrogen-bond donors (Lipinski definition) is 2. The van der Waals surface area contributed by atoms with Crippen molar-refractivity contribution in [3.05, 3.63) is 5.82 Å². The molecule has 0 aromatic carbocycles. The first-order valence-electron chi connectivity index (χ1n) is 4.24. The summed E-state index contributed by atoms with van der Waals surface area (Å²) in [7, 11) is 0. The lowest BCUT2D eigenvalue weighted by Crippen LogP contribution is -2.32. The van der Waals surface area contributed by atoms with Crippen LogP contribution in [0.15, 0.2) is 0 Å². The quantitative estimate of drug-likeness (QED) is 0.709. The van der Waals surface area contributed by atoms with Gasteiger partial charge in [-0.15, -0.1) is 21.8 Å². The maximum atomic E-state index is 11.4. The number of alkyl halides is 1. The van der Waals surface area contributed by atoms with E-state index in [1.807, 2.05) is 0 Å². The van der Waals surface area contributed by atoms with Crippen molar-refractivity contribution >= 4 is 17.5 Å². The van der Waals surface area contributed by atoms with E-state index < -0.39 is 0 Å². The second kappa shape index (κ2) is 4.90. The van der Waals surface area contributed by atoms with Crippen molar-refractivity contribution in [2.75, 3.05) is 5.88 Å². The minimum absolute atomic E-state index is 0.114. The number of aromatic amines is 1. The van der Waals surface area contributed by atoms with E-state index >= 15 is 0 Å². The van der Waals surface area contributed by atoms with Crippen molar-refractivity contribution < 1.29 is 4.79 Å². The average molecular weight is 218 g/mol. The number of rotatable bonds is 4. The van der Waals surface area contributed by atoms with E-state index in [2.05, 4.69) is 25.9 Å². The minimum Gasteiger partial charge on any atom is -0.346 e. The fourth-order valence-electron chi connectivity index (χ4n) is 0.843. The highest BCUT2D eigenvalue weighted by Gasteiger charge is 2.17. The summed E-state index contributed by atoms with van der Waals surface area (Å²) in [5, 5.41) is 16.0. The summed E-state index contributed by atoms with van der Waals surface area (Å²) in [5.74, 6) is 0.425.